The van der Waals surface area contributed by atoms with E-state index < -0.39 is 0 Å². The molecule has 3 aromatic heterocycles. The normalized spacial score (nSPS) is 15.2. The number of likely N-dealkylation sites (tertiary alicyclic amines) is 1. The summed E-state index contributed by atoms with van der Waals surface area (Å²) < 4.78 is 7.24. The van der Waals surface area contributed by atoms with Gasteiger partial charge in [-0.05, 0) is 31.4 Å². The van der Waals surface area contributed by atoms with Crippen LogP contribution in [0.5, 0.6) is 0 Å². The second kappa shape index (κ2) is 7.85. The number of carbonyl (C=O) groups excluding carboxylic acids is 1. The first-order chi connectivity index (χ1) is 13.3. The standard InChI is InChI=1S/C19H24N6O2/c1-2-8-15-20-19(27-23-15)14-9-7-12-25-16(21-22-18(14)25)13-17(26)24-10-5-3-4-6-11-24/h7,9,12H,2-6,8,10-11,13H2,1H3. The molecule has 1 fully saturated rings. The molecule has 0 atom stereocenters. The molecule has 1 aliphatic heterocycles. The monoisotopic (exact) mass is 368 g/mol. The van der Waals surface area contributed by atoms with Gasteiger partial charge in [-0.15, -0.1) is 10.2 Å². The van der Waals surface area contributed by atoms with Gasteiger partial charge in [0.05, 0.1) is 12.0 Å². The minimum Gasteiger partial charge on any atom is -0.342 e. The summed E-state index contributed by atoms with van der Waals surface area (Å²) in [5, 5.41) is 12.5. The van der Waals surface area contributed by atoms with Crippen LogP contribution in [0, 0.1) is 0 Å². The van der Waals surface area contributed by atoms with Crippen LogP contribution in [0.15, 0.2) is 22.9 Å². The first-order valence-electron chi connectivity index (χ1n) is 9.69. The fraction of sp³-hybridized carbons (Fsp3) is 0.526. The summed E-state index contributed by atoms with van der Waals surface area (Å²) in [6.45, 7) is 3.74. The number of hydrogen-bond donors (Lipinski definition) is 0. The maximum Gasteiger partial charge on any atom is 0.261 e. The van der Waals surface area contributed by atoms with E-state index in [0.717, 1.165) is 44.3 Å². The molecule has 0 radical (unpaired) electrons. The quantitative estimate of drug-likeness (QED) is 0.688. The van der Waals surface area contributed by atoms with Gasteiger partial charge in [0.2, 0.25) is 5.91 Å². The maximum atomic E-state index is 12.7. The van der Waals surface area contributed by atoms with Crippen molar-refractivity contribution in [2.45, 2.75) is 51.9 Å². The van der Waals surface area contributed by atoms with Gasteiger partial charge in [-0.3, -0.25) is 9.20 Å². The SMILES string of the molecule is CCCc1noc(-c2cccn3c(CC(=O)N4CCCCCC4)nnc23)n1. The number of aryl methyl sites for hydroxylation is 1. The smallest absolute Gasteiger partial charge is 0.261 e. The number of hydrogen-bond acceptors (Lipinski definition) is 6. The molecule has 1 aliphatic rings. The van der Waals surface area contributed by atoms with Gasteiger partial charge in [-0.25, -0.2) is 0 Å². The van der Waals surface area contributed by atoms with E-state index in [1.807, 2.05) is 27.6 Å². The van der Waals surface area contributed by atoms with Gasteiger partial charge in [0.25, 0.3) is 5.89 Å². The molecule has 27 heavy (non-hydrogen) atoms. The van der Waals surface area contributed by atoms with E-state index in [4.69, 9.17) is 4.52 Å². The second-order valence-electron chi connectivity index (χ2n) is 6.97. The molecule has 1 saturated heterocycles. The molecule has 0 bridgehead atoms. The number of rotatable bonds is 5. The van der Waals surface area contributed by atoms with Crippen molar-refractivity contribution in [1.29, 1.82) is 0 Å². The van der Waals surface area contributed by atoms with Crippen LogP contribution in [0.1, 0.15) is 50.7 Å². The van der Waals surface area contributed by atoms with Gasteiger partial charge >= 0.3 is 0 Å². The number of amides is 1. The first-order valence-corrected chi connectivity index (χ1v) is 9.69. The minimum atomic E-state index is 0.111. The molecular weight excluding hydrogens is 344 g/mol. The molecule has 4 heterocycles. The summed E-state index contributed by atoms with van der Waals surface area (Å²) >= 11 is 0. The summed E-state index contributed by atoms with van der Waals surface area (Å²) in [5.41, 5.74) is 1.36. The third kappa shape index (κ3) is 3.70. The third-order valence-corrected chi connectivity index (χ3v) is 4.95. The molecule has 0 spiro atoms. The lowest BCUT2D eigenvalue weighted by Crippen LogP contribution is -2.33. The molecule has 8 heteroatoms. The van der Waals surface area contributed by atoms with E-state index in [0.29, 0.717) is 23.2 Å². The van der Waals surface area contributed by atoms with Gasteiger partial charge < -0.3 is 9.42 Å². The lowest BCUT2D eigenvalue weighted by molar-refractivity contribution is -0.130. The van der Waals surface area contributed by atoms with Crippen molar-refractivity contribution in [2.75, 3.05) is 13.1 Å². The van der Waals surface area contributed by atoms with Crippen molar-refractivity contribution in [3.8, 4) is 11.5 Å². The Morgan fingerprint density at radius 1 is 1.19 bits per heavy atom. The Kier molecular flexibility index (Phi) is 5.13. The minimum absolute atomic E-state index is 0.111. The summed E-state index contributed by atoms with van der Waals surface area (Å²) in [6.07, 6.45) is 8.40. The van der Waals surface area contributed by atoms with Crippen LogP contribution in [0.2, 0.25) is 0 Å². The average molecular weight is 368 g/mol. The van der Waals surface area contributed by atoms with Crippen molar-refractivity contribution < 1.29 is 9.32 Å². The molecule has 0 N–H and O–H groups in total. The van der Waals surface area contributed by atoms with Gasteiger partial charge in [0.15, 0.2) is 11.5 Å². The lowest BCUT2D eigenvalue weighted by Gasteiger charge is -2.19. The molecule has 8 nitrogen and oxygen atoms in total. The van der Waals surface area contributed by atoms with E-state index in [2.05, 4.69) is 27.3 Å². The van der Waals surface area contributed by atoms with Gasteiger partial charge in [-0.1, -0.05) is 24.9 Å². The largest absolute Gasteiger partial charge is 0.342 e. The van der Waals surface area contributed by atoms with Crippen LogP contribution in [-0.4, -0.2) is 48.6 Å². The van der Waals surface area contributed by atoms with Crippen LogP contribution in [-0.2, 0) is 17.6 Å². The second-order valence-corrected chi connectivity index (χ2v) is 6.97. The first kappa shape index (κ1) is 17.6. The fourth-order valence-corrected chi connectivity index (χ4v) is 3.51. The Labute approximate surface area is 157 Å². The molecule has 0 saturated carbocycles. The van der Waals surface area contributed by atoms with E-state index >= 15 is 0 Å². The predicted molar refractivity (Wildman–Crippen MR) is 99.0 cm³/mol. The predicted octanol–water partition coefficient (Wildman–Crippen LogP) is 2.68. The summed E-state index contributed by atoms with van der Waals surface area (Å²) in [4.78, 5) is 19.1. The van der Waals surface area contributed by atoms with Gasteiger partial charge in [-0.2, -0.15) is 4.98 Å². The van der Waals surface area contributed by atoms with Crippen molar-refractivity contribution in [1.82, 2.24) is 29.6 Å². The summed E-state index contributed by atoms with van der Waals surface area (Å²) in [5.74, 6) is 1.86. The highest BCUT2D eigenvalue weighted by Gasteiger charge is 2.20. The molecule has 142 valence electrons. The molecular formula is C19H24N6O2. The van der Waals surface area contributed by atoms with Crippen molar-refractivity contribution in [3.63, 3.8) is 0 Å². The highest BCUT2D eigenvalue weighted by atomic mass is 16.5. The zero-order valence-corrected chi connectivity index (χ0v) is 15.6. The summed E-state index contributed by atoms with van der Waals surface area (Å²) in [7, 11) is 0. The van der Waals surface area contributed by atoms with Crippen LogP contribution in [0.25, 0.3) is 17.1 Å². The zero-order valence-electron chi connectivity index (χ0n) is 15.6. The van der Waals surface area contributed by atoms with E-state index in [1.165, 1.54) is 12.8 Å². The van der Waals surface area contributed by atoms with Gasteiger partial charge in [0.1, 0.15) is 5.82 Å². The Morgan fingerprint density at radius 2 is 2.00 bits per heavy atom. The Bertz CT molecular complexity index is 923. The molecule has 3 aromatic rings. The average Bonchev–Trinajstić information content (AvgIpc) is 3.20. The van der Waals surface area contributed by atoms with Crippen LogP contribution in [0.4, 0.5) is 0 Å². The van der Waals surface area contributed by atoms with Crippen molar-refractivity contribution in [2.24, 2.45) is 0 Å². The van der Waals surface area contributed by atoms with E-state index in [9.17, 15) is 4.79 Å². The maximum absolute atomic E-state index is 12.7. The molecule has 0 aromatic carbocycles. The van der Waals surface area contributed by atoms with Crippen molar-refractivity contribution in [3.05, 3.63) is 30.0 Å². The summed E-state index contributed by atoms with van der Waals surface area (Å²) in [6, 6.07) is 3.77. The van der Waals surface area contributed by atoms with E-state index in [-0.39, 0.29) is 12.3 Å². The molecule has 0 aliphatic carbocycles. The van der Waals surface area contributed by atoms with Crippen LogP contribution in [0.3, 0.4) is 0 Å². The van der Waals surface area contributed by atoms with Gasteiger partial charge in [0, 0.05) is 25.7 Å². The van der Waals surface area contributed by atoms with E-state index in [1.54, 1.807) is 0 Å². The van der Waals surface area contributed by atoms with Crippen LogP contribution < -0.4 is 0 Å². The van der Waals surface area contributed by atoms with Crippen molar-refractivity contribution >= 4 is 11.6 Å². The zero-order chi connectivity index (χ0) is 18.6. The molecule has 0 unspecified atom stereocenters. The Morgan fingerprint density at radius 3 is 2.78 bits per heavy atom. The highest BCUT2D eigenvalue weighted by molar-refractivity contribution is 5.79. The third-order valence-electron chi connectivity index (χ3n) is 4.95. The lowest BCUT2D eigenvalue weighted by atomic mass is 10.2. The topological polar surface area (TPSA) is 89.4 Å². The number of nitrogens with zero attached hydrogens (tertiary/aromatic N) is 6. The molecule has 4 rings (SSSR count). The van der Waals surface area contributed by atoms with Crippen LogP contribution >= 0.6 is 0 Å². The fourth-order valence-electron chi connectivity index (χ4n) is 3.51. The number of carbonyl (C=O) groups is 1. The Hall–Kier alpha value is -2.77. The highest BCUT2D eigenvalue weighted by Crippen LogP contribution is 2.23. The Balaban J connectivity index is 1.59. The number of aromatic nitrogens is 5. The number of fused-ring (bicyclic) bond motifs is 1. The number of pyridine rings is 1. The molecule has 1 amide bonds.